The Labute approximate surface area is 176 Å². The molecule has 10 heteroatoms. The minimum atomic E-state index is -1.96. The molecule has 0 radical (unpaired) electrons. The van der Waals surface area contributed by atoms with E-state index in [0.29, 0.717) is 6.61 Å². The molecule has 166 valence electrons. The predicted octanol–water partition coefficient (Wildman–Crippen LogP) is 4.42. The predicted molar refractivity (Wildman–Crippen MR) is 124 cm³/mol. The minimum Gasteiger partial charge on any atom is -0.455 e. The van der Waals surface area contributed by atoms with Gasteiger partial charge < -0.3 is 22.4 Å². The molecule has 0 unspecified atom stereocenters. The second-order valence-corrected chi connectivity index (χ2v) is 29.3. The summed E-state index contributed by atoms with van der Waals surface area (Å²) in [5, 5.41) is 0. The molecule has 1 fully saturated rings. The Kier molecular flexibility index (Phi) is 8.54. The van der Waals surface area contributed by atoms with Crippen molar-refractivity contribution in [3.63, 3.8) is 0 Å². The van der Waals surface area contributed by atoms with Gasteiger partial charge in [-0.1, -0.05) is 0 Å². The van der Waals surface area contributed by atoms with Crippen molar-refractivity contribution in [2.45, 2.75) is 103 Å². The molecular weight excluding hydrogens is 425 g/mol. The fraction of sp³-hybridized carbons (Fsp3) is 0.944. The van der Waals surface area contributed by atoms with Gasteiger partial charge in [-0.3, -0.25) is 0 Å². The van der Waals surface area contributed by atoms with E-state index in [1.165, 1.54) is 0 Å². The molecule has 1 rings (SSSR count). The van der Waals surface area contributed by atoms with E-state index in [1.54, 1.807) is 0 Å². The van der Waals surface area contributed by atoms with Gasteiger partial charge in [0.2, 0.25) is 0 Å². The number of hydrogen-bond donors (Lipinski definition) is 0. The van der Waals surface area contributed by atoms with Crippen LogP contribution in [0.3, 0.4) is 0 Å². The summed E-state index contributed by atoms with van der Waals surface area (Å²) in [5.41, 5.74) is 0. The van der Waals surface area contributed by atoms with Gasteiger partial charge in [0.15, 0.2) is 45.5 Å². The van der Waals surface area contributed by atoms with Crippen molar-refractivity contribution in [2.24, 2.45) is 0 Å². The van der Waals surface area contributed by atoms with Crippen LogP contribution in [0.2, 0.25) is 78.6 Å². The first-order valence-electron chi connectivity index (χ1n) is 10.2. The van der Waals surface area contributed by atoms with E-state index in [2.05, 4.69) is 78.6 Å². The van der Waals surface area contributed by atoms with Crippen LogP contribution in [0.1, 0.15) is 0 Å². The molecule has 0 aromatic carbocycles. The second kappa shape index (κ2) is 9.12. The highest BCUT2D eigenvalue weighted by Crippen LogP contribution is 2.31. The van der Waals surface area contributed by atoms with Crippen molar-refractivity contribution in [3.8, 4) is 0 Å². The van der Waals surface area contributed by atoms with Crippen molar-refractivity contribution in [1.29, 1.82) is 0 Å². The van der Waals surface area contributed by atoms with E-state index in [1.807, 2.05) is 0 Å². The maximum absolute atomic E-state index is 12.8. The minimum absolute atomic E-state index is 0.340. The van der Waals surface area contributed by atoms with Crippen molar-refractivity contribution in [3.05, 3.63) is 0 Å². The van der Waals surface area contributed by atoms with Crippen LogP contribution < -0.4 is 0 Å². The Morgan fingerprint density at radius 2 is 1.29 bits per heavy atom. The molecule has 0 aliphatic carbocycles. The van der Waals surface area contributed by atoms with Crippen LogP contribution in [0.15, 0.2) is 0 Å². The lowest BCUT2D eigenvalue weighted by atomic mass is 10.1. The molecule has 1 saturated heterocycles. The Morgan fingerprint density at radius 1 is 0.786 bits per heavy atom. The number of rotatable bonds is 10. The van der Waals surface area contributed by atoms with E-state index < -0.39 is 51.6 Å². The highest BCUT2D eigenvalue weighted by Gasteiger charge is 2.53. The molecular formula is C18H42O6Si4. The number of cyclic esters (lactones) is 1. The Hall–Kier alpha value is 0.178. The number of esters is 1. The van der Waals surface area contributed by atoms with Crippen molar-refractivity contribution in [1.82, 2.24) is 0 Å². The number of carbonyl (C=O) groups is 1. The SMILES string of the molecule is C[Si](C)(C)OC[C@@H](O[Si](C)(C)C)[C@@H]1OC(=O)[C@H](O[Si](C)(C)C)[C@@H]1O[Si](C)(C)C. The maximum Gasteiger partial charge on any atom is 0.337 e. The van der Waals surface area contributed by atoms with E-state index in [-0.39, 0.29) is 12.1 Å². The van der Waals surface area contributed by atoms with Crippen LogP contribution >= 0.6 is 0 Å². The number of ether oxygens (including phenoxy) is 1. The molecule has 0 N–H and O–H groups in total. The maximum atomic E-state index is 12.8. The molecule has 1 aliphatic heterocycles. The smallest absolute Gasteiger partial charge is 0.337 e. The lowest BCUT2D eigenvalue weighted by molar-refractivity contribution is -0.150. The molecule has 0 saturated carbocycles. The van der Waals surface area contributed by atoms with Crippen molar-refractivity contribution < 1.29 is 27.2 Å². The van der Waals surface area contributed by atoms with E-state index >= 15 is 0 Å². The van der Waals surface area contributed by atoms with Crippen LogP contribution in [-0.2, 0) is 27.2 Å². The Balaban J connectivity index is 3.20. The van der Waals surface area contributed by atoms with Gasteiger partial charge >= 0.3 is 5.97 Å². The van der Waals surface area contributed by atoms with Gasteiger partial charge in [-0.25, -0.2) is 4.79 Å². The van der Waals surface area contributed by atoms with Crippen LogP contribution in [0.25, 0.3) is 0 Å². The average molecular weight is 467 g/mol. The zero-order valence-electron chi connectivity index (χ0n) is 20.0. The highest BCUT2D eigenvalue weighted by molar-refractivity contribution is 6.71. The summed E-state index contributed by atoms with van der Waals surface area (Å²) in [6, 6.07) is 0. The fourth-order valence-corrected chi connectivity index (χ4v) is 6.72. The summed E-state index contributed by atoms with van der Waals surface area (Å²) in [5.74, 6) is -0.340. The van der Waals surface area contributed by atoms with Gasteiger partial charge in [0.25, 0.3) is 0 Å². The quantitative estimate of drug-likeness (QED) is 0.351. The van der Waals surface area contributed by atoms with Crippen molar-refractivity contribution in [2.75, 3.05) is 6.61 Å². The van der Waals surface area contributed by atoms with Crippen molar-refractivity contribution >= 4 is 39.2 Å². The zero-order valence-corrected chi connectivity index (χ0v) is 24.0. The summed E-state index contributed by atoms with van der Waals surface area (Å²) in [6.45, 7) is 25.8. The normalized spacial score (nSPS) is 25.7. The van der Waals surface area contributed by atoms with Gasteiger partial charge in [-0.15, -0.1) is 0 Å². The summed E-state index contributed by atoms with van der Waals surface area (Å²) < 4.78 is 31.1. The number of carbonyl (C=O) groups excluding carboxylic acids is 1. The summed E-state index contributed by atoms with van der Waals surface area (Å²) in [4.78, 5) is 12.8. The number of hydrogen-bond acceptors (Lipinski definition) is 6. The van der Waals surface area contributed by atoms with E-state index in [9.17, 15) is 4.79 Å². The molecule has 4 atom stereocenters. The third-order valence-corrected chi connectivity index (χ3v) is 7.61. The zero-order chi connectivity index (χ0) is 22.1. The molecule has 0 aromatic heterocycles. The largest absolute Gasteiger partial charge is 0.455 e. The van der Waals surface area contributed by atoms with Crippen LogP contribution in [-0.4, -0.2) is 70.3 Å². The molecule has 1 aliphatic rings. The first-order chi connectivity index (χ1) is 12.3. The second-order valence-electron chi connectivity index (χ2n) is 11.4. The van der Waals surface area contributed by atoms with Crippen LogP contribution in [0.5, 0.6) is 0 Å². The van der Waals surface area contributed by atoms with Gasteiger partial charge in [0.05, 0.1) is 6.61 Å². The first kappa shape index (κ1) is 26.2. The molecule has 0 aromatic rings. The summed E-state index contributed by atoms with van der Waals surface area (Å²) >= 11 is 0. The average Bonchev–Trinajstić information content (AvgIpc) is 2.66. The van der Waals surface area contributed by atoms with Gasteiger partial charge in [-0.2, -0.15) is 0 Å². The van der Waals surface area contributed by atoms with Gasteiger partial charge in [-0.05, 0) is 78.6 Å². The lowest BCUT2D eigenvalue weighted by Gasteiger charge is -2.36. The monoisotopic (exact) mass is 466 g/mol. The summed E-state index contributed by atoms with van der Waals surface area (Å²) in [7, 11) is -7.56. The summed E-state index contributed by atoms with van der Waals surface area (Å²) in [6.07, 6.45) is -2.01. The molecule has 0 amide bonds. The molecule has 1 heterocycles. The molecule has 0 spiro atoms. The lowest BCUT2D eigenvalue weighted by Crippen LogP contribution is -2.53. The highest BCUT2D eigenvalue weighted by atomic mass is 28.4. The van der Waals surface area contributed by atoms with E-state index in [4.69, 9.17) is 22.4 Å². The van der Waals surface area contributed by atoms with Gasteiger partial charge in [0.1, 0.15) is 12.2 Å². The molecule has 6 nitrogen and oxygen atoms in total. The first-order valence-corrected chi connectivity index (χ1v) is 23.8. The third-order valence-electron chi connectivity index (χ3n) is 3.63. The van der Waals surface area contributed by atoms with Crippen LogP contribution in [0, 0.1) is 0 Å². The Bertz CT molecular complexity index is 530. The molecule has 0 bridgehead atoms. The standard InChI is InChI=1S/C18H42O6Si4/c1-25(2,3)20-13-14(22-26(4,5)6)15-16(23-27(7,8)9)17(18(19)21-15)24-28(10,11)12/h14-17H,13H2,1-12H3/t14-,15+,16-,17-/m1/s1. The van der Waals surface area contributed by atoms with E-state index in [0.717, 1.165) is 0 Å². The fourth-order valence-electron chi connectivity index (χ4n) is 2.88. The van der Waals surface area contributed by atoms with Gasteiger partial charge in [0, 0.05) is 0 Å². The molecule has 28 heavy (non-hydrogen) atoms. The third kappa shape index (κ3) is 9.79. The Morgan fingerprint density at radius 3 is 1.68 bits per heavy atom. The topological polar surface area (TPSA) is 63.2 Å². The van der Waals surface area contributed by atoms with Crippen LogP contribution in [0.4, 0.5) is 0 Å².